The van der Waals surface area contributed by atoms with Crippen molar-refractivity contribution in [2.45, 2.75) is 25.8 Å². The number of nitrogens with zero attached hydrogens (tertiary/aromatic N) is 1. The highest BCUT2D eigenvalue weighted by atomic mass is 16.4. The number of rotatable bonds is 1. The molecule has 11 heavy (non-hydrogen) atoms. The Morgan fingerprint density at radius 1 is 1.64 bits per heavy atom. The molecule has 3 nitrogen and oxygen atoms in total. The van der Waals surface area contributed by atoms with Gasteiger partial charge in [0.1, 0.15) is 6.04 Å². The summed E-state index contributed by atoms with van der Waals surface area (Å²) >= 11 is 0. The fourth-order valence-corrected chi connectivity index (χ4v) is 1.83. The van der Waals surface area contributed by atoms with Gasteiger partial charge in [-0.1, -0.05) is 6.92 Å². The van der Waals surface area contributed by atoms with Crippen molar-refractivity contribution in [2.75, 3.05) is 13.6 Å². The Morgan fingerprint density at radius 2 is 2.27 bits per heavy atom. The molecule has 0 aliphatic carbocycles. The van der Waals surface area contributed by atoms with E-state index in [4.69, 9.17) is 5.11 Å². The Labute approximate surface area is 67.0 Å². The predicted molar refractivity (Wildman–Crippen MR) is 42.5 cm³/mol. The van der Waals surface area contributed by atoms with E-state index in [-0.39, 0.29) is 6.04 Å². The van der Waals surface area contributed by atoms with Crippen LogP contribution in [0.3, 0.4) is 0 Å². The second-order valence-electron chi connectivity index (χ2n) is 3.38. The number of aliphatic carboxylic acids is 1. The molecule has 64 valence electrons. The highest BCUT2D eigenvalue weighted by molar-refractivity contribution is 5.73. The quantitative estimate of drug-likeness (QED) is 0.612. The molecule has 0 unspecified atom stereocenters. The summed E-state index contributed by atoms with van der Waals surface area (Å²) in [7, 11) is 1.88. The average Bonchev–Trinajstić information content (AvgIpc) is 1.85. The van der Waals surface area contributed by atoms with Crippen LogP contribution in [0, 0.1) is 5.92 Å². The normalized spacial score (nSPS) is 33.6. The van der Waals surface area contributed by atoms with E-state index in [1.165, 1.54) is 0 Å². The van der Waals surface area contributed by atoms with Crippen molar-refractivity contribution in [3.63, 3.8) is 0 Å². The van der Waals surface area contributed by atoms with E-state index < -0.39 is 5.97 Å². The van der Waals surface area contributed by atoms with Crippen molar-refractivity contribution in [3.05, 3.63) is 0 Å². The number of hydrogen-bond donors (Lipinski definition) is 1. The molecule has 0 bridgehead atoms. The minimum Gasteiger partial charge on any atom is -0.480 e. The first kappa shape index (κ1) is 8.53. The summed E-state index contributed by atoms with van der Waals surface area (Å²) in [6.45, 7) is 2.93. The maximum absolute atomic E-state index is 10.7. The molecular formula is C8H15NO2. The van der Waals surface area contributed by atoms with E-state index in [9.17, 15) is 4.79 Å². The van der Waals surface area contributed by atoms with Crippen molar-refractivity contribution in [1.82, 2.24) is 4.90 Å². The predicted octanol–water partition coefficient (Wildman–Crippen LogP) is 0.801. The van der Waals surface area contributed by atoms with Gasteiger partial charge in [0.2, 0.25) is 0 Å². The van der Waals surface area contributed by atoms with E-state index in [0.717, 1.165) is 19.4 Å². The lowest BCUT2D eigenvalue weighted by Crippen LogP contribution is -2.46. The van der Waals surface area contributed by atoms with Crippen molar-refractivity contribution < 1.29 is 9.90 Å². The minimum absolute atomic E-state index is 0.260. The highest BCUT2D eigenvalue weighted by Crippen LogP contribution is 2.21. The van der Waals surface area contributed by atoms with Gasteiger partial charge in [0.05, 0.1) is 0 Å². The molecule has 1 saturated heterocycles. The lowest BCUT2D eigenvalue weighted by Gasteiger charge is -2.34. The second-order valence-corrected chi connectivity index (χ2v) is 3.38. The fourth-order valence-electron chi connectivity index (χ4n) is 1.83. The number of carboxylic acids is 1. The zero-order valence-corrected chi connectivity index (χ0v) is 7.08. The second kappa shape index (κ2) is 3.22. The first-order valence-corrected chi connectivity index (χ1v) is 4.06. The van der Waals surface area contributed by atoms with E-state index in [1.807, 2.05) is 18.9 Å². The van der Waals surface area contributed by atoms with Crippen molar-refractivity contribution in [3.8, 4) is 0 Å². The Kier molecular flexibility index (Phi) is 2.49. The summed E-state index contributed by atoms with van der Waals surface area (Å²) in [4.78, 5) is 12.7. The molecule has 0 saturated carbocycles. The van der Waals surface area contributed by atoms with Gasteiger partial charge in [0, 0.05) is 0 Å². The maximum atomic E-state index is 10.7. The summed E-state index contributed by atoms with van der Waals surface area (Å²) in [6.07, 6.45) is 2.17. The van der Waals surface area contributed by atoms with E-state index in [1.54, 1.807) is 0 Å². The van der Waals surface area contributed by atoms with Crippen LogP contribution in [0.1, 0.15) is 19.8 Å². The van der Waals surface area contributed by atoms with Crippen molar-refractivity contribution >= 4 is 5.97 Å². The molecule has 1 aliphatic heterocycles. The van der Waals surface area contributed by atoms with Gasteiger partial charge in [0.25, 0.3) is 0 Å². The number of carboxylic acid groups (broad SMARTS) is 1. The van der Waals surface area contributed by atoms with Gasteiger partial charge in [0.15, 0.2) is 0 Å². The van der Waals surface area contributed by atoms with E-state index in [0.29, 0.717) is 5.92 Å². The molecule has 0 aromatic rings. The molecular weight excluding hydrogens is 142 g/mol. The largest absolute Gasteiger partial charge is 0.480 e. The summed E-state index contributed by atoms with van der Waals surface area (Å²) in [6, 6.07) is -0.260. The van der Waals surface area contributed by atoms with Crippen molar-refractivity contribution in [1.29, 1.82) is 0 Å². The molecule has 1 rings (SSSR count). The molecule has 0 aromatic heterocycles. The zero-order valence-electron chi connectivity index (χ0n) is 7.08. The molecule has 0 aromatic carbocycles. The number of likely N-dealkylation sites (N-methyl/N-ethyl adjacent to an activating group) is 1. The molecule has 1 heterocycles. The first-order chi connectivity index (χ1) is 5.13. The third-order valence-corrected chi connectivity index (χ3v) is 2.44. The SMILES string of the molecule is C[C@H]1CCCN(C)[C@@H]1C(=O)O. The van der Waals surface area contributed by atoms with Crippen LogP contribution in [0.25, 0.3) is 0 Å². The first-order valence-electron chi connectivity index (χ1n) is 4.06. The highest BCUT2D eigenvalue weighted by Gasteiger charge is 2.31. The Bertz CT molecular complexity index is 148. The van der Waals surface area contributed by atoms with E-state index >= 15 is 0 Å². The van der Waals surface area contributed by atoms with Crippen LogP contribution >= 0.6 is 0 Å². The molecule has 1 fully saturated rings. The molecule has 0 spiro atoms. The Balaban J connectivity index is 2.62. The van der Waals surface area contributed by atoms with Crippen LogP contribution in [0.2, 0.25) is 0 Å². The lowest BCUT2D eigenvalue weighted by molar-refractivity contribution is -0.145. The smallest absolute Gasteiger partial charge is 0.321 e. The number of piperidine rings is 1. The third-order valence-electron chi connectivity index (χ3n) is 2.44. The Hall–Kier alpha value is -0.570. The van der Waals surface area contributed by atoms with Gasteiger partial charge >= 0.3 is 5.97 Å². The van der Waals surface area contributed by atoms with Gasteiger partial charge in [-0.3, -0.25) is 9.69 Å². The number of likely N-dealkylation sites (tertiary alicyclic amines) is 1. The summed E-state index contributed by atoms with van der Waals surface area (Å²) < 4.78 is 0. The summed E-state index contributed by atoms with van der Waals surface area (Å²) in [5.74, 6) is -0.383. The molecule has 1 aliphatic rings. The fraction of sp³-hybridized carbons (Fsp3) is 0.875. The van der Waals surface area contributed by atoms with Gasteiger partial charge in [-0.2, -0.15) is 0 Å². The molecule has 1 N–H and O–H groups in total. The standard InChI is InChI=1S/C8H15NO2/c1-6-4-3-5-9(2)7(6)8(10)11/h6-7H,3-5H2,1-2H3,(H,10,11)/t6-,7-/m0/s1. The number of hydrogen-bond acceptors (Lipinski definition) is 2. The lowest BCUT2D eigenvalue weighted by atomic mass is 9.91. The summed E-state index contributed by atoms with van der Waals surface area (Å²) in [5.41, 5.74) is 0. The van der Waals surface area contributed by atoms with Gasteiger partial charge in [-0.05, 0) is 32.4 Å². The van der Waals surface area contributed by atoms with Crippen molar-refractivity contribution in [2.24, 2.45) is 5.92 Å². The van der Waals surface area contributed by atoms with E-state index in [2.05, 4.69) is 0 Å². The van der Waals surface area contributed by atoms with Gasteiger partial charge in [-0.25, -0.2) is 0 Å². The third kappa shape index (κ3) is 1.71. The number of carbonyl (C=O) groups is 1. The molecule has 0 radical (unpaired) electrons. The maximum Gasteiger partial charge on any atom is 0.321 e. The molecule has 2 atom stereocenters. The minimum atomic E-state index is -0.681. The van der Waals surface area contributed by atoms with Gasteiger partial charge in [-0.15, -0.1) is 0 Å². The van der Waals surface area contributed by atoms with Crippen LogP contribution in [0.15, 0.2) is 0 Å². The zero-order chi connectivity index (χ0) is 8.43. The topological polar surface area (TPSA) is 40.5 Å². The molecule has 3 heteroatoms. The van der Waals surface area contributed by atoms with Crippen LogP contribution in [0.5, 0.6) is 0 Å². The summed E-state index contributed by atoms with van der Waals surface area (Å²) in [5, 5.41) is 8.84. The van der Waals surface area contributed by atoms with Crippen LogP contribution in [-0.4, -0.2) is 35.6 Å². The van der Waals surface area contributed by atoms with Crippen LogP contribution < -0.4 is 0 Å². The van der Waals surface area contributed by atoms with Crippen LogP contribution in [-0.2, 0) is 4.79 Å². The van der Waals surface area contributed by atoms with Crippen LogP contribution in [0.4, 0.5) is 0 Å². The Morgan fingerprint density at radius 3 is 2.64 bits per heavy atom. The average molecular weight is 157 g/mol. The monoisotopic (exact) mass is 157 g/mol. The molecule has 0 amide bonds. The van der Waals surface area contributed by atoms with Gasteiger partial charge < -0.3 is 5.11 Å².